The molecule has 0 bridgehead atoms. The number of nitro groups is 1. The summed E-state index contributed by atoms with van der Waals surface area (Å²) >= 11 is 0. The van der Waals surface area contributed by atoms with Crippen LogP contribution in [0.25, 0.3) is 5.76 Å². The molecule has 9 heteroatoms. The highest BCUT2D eigenvalue weighted by molar-refractivity contribution is 6.51. The zero-order chi connectivity index (χ0) is 25.4. The predicted molar refractivity (Wildman–Crippen MR) is 132 cm³/mol. The Morgan fingerprint density at radius 3 is 2.22 bits per heavy atom. The third-order valence-corrected chi connectivity index (χ3v) is 6.56. The van der Waals surface area contributed by atoms with Gasteiger partial charge in [0.1, 0.15) is 11.6 Å². The summed E-state index contributed by atoms with van der Waals surface area (Å²) in [5.41, 5.74) is 1.37. The number of hydrogen-bond donors (Lipinski definition) is 1. The lowest BCUT2D eigenvalue weighted by molar-refractivity contribution is -0.384. The van der Waals surface area contributed by atoms with Crippen molar-refractivity contribution in [1.29, 1.82) is 0 Å². The van der Waals surface area contributed by atoms with Crippen LogP contribution in [-0.4, -0.2) is 34.8 Å². The van der Waals surface area contributed by atoms with Gasteiger partial charge in [0, 0.05) is 42.2 Å². The van der Waals surface area contributed by atoms with E-state index in [2.05, 4.69) is 4.90 Å². The third kappa shape index (κ3) is 4.08. The van der Waals surface area contributed by atoms with Crippen LogP contribution >= 0.6 is 0 Å². The van der Waals surface area contributed by atoms with Crippen LogP contribution in [0.3, 0.4) is 0 Å². The zero-order valence-corrected chi connectivity index (χ0v) is 19.1. The number of rotatable bonds is 5. The highest BCUT2D eigenvalue weighted by Gasteiger charge is 2.47. The van der Waals surface area contributed by atoms with Crippen LogP contribution in [-0.2, 0) is 9.59 Å². The molecule has 182 valence electrons. The molecule has 1 unspecified atom stereocenters. The molecule has 36 heavy (non-hydrogen) atoms. The molecule has 2 fully saturated rings. The largest absolute Gasteiger partial charge is 0.507 e. The topological polar surface area (TPSA) is 104 Å². The van der Waals surface area contributed by atoms with Gasteiger partial charge < -0.3 is 10.0 Å². The zero-order valence-electron chi connectivity index (χ0n) is 19.1. The van der Waals surface area contributed by atoms with Gasteiger partial charge in [0.25, 0.3) is 17.4 Å². The number of non-ortho nitro benzene ring substituents is 1. The van der Waals surface area contributed by atoms with Crippen LogP contribution in [0.1, 0.15) is 30.0 Å². The number of anilines is 2. The molecule has 3 aromatic carbocycles. The van der Waals surface area contributed by atoms with Crippen molar-refractivity contribution in [3.63, 3.8) is 0 Å². The van der Waals surface area contributed by atoms with Crippen molar-refractivity contribution in [2.75, 3.05) is 22.9 Å². The molecule has 3 aromatic rings. The van der Waals surface area contributed by atoms with Crippen molar-refractivity contribution >= 4 is 34.5 Å². The van der Waals surface area contributed by atoms with E-state index in [9.17, 15) is 29.2 Å². The minimum atomic E-state index is -1.05. The van der Waals surface area contributed by atoms with Gasteiger partial charge in [0.15, 0.2) is 0 Å². The van der Waals surface area contributed by atoms with Gasteiger partial charge in [-0.15, -0.1) is 0 Å². The van der Waals surface area contributed by atoms with E-state index in [0.717, 1.165) is 37.7 Å². The first-order valence-electron chi connectivity index (χ1n) is 11.5. The lowest BCUT2D eigenvalue weighted by atomic mass is 9.95. The fourth-order valence-corrected chi connectivity index (χ4v) is 4.78. The van der Waals surface area contributed by atoms with Gasteiger partial charge in [-0.05, 0) is 54.8 Å². The predicted octanol–water partition coefficient (Wildman–Crippen LogP) is 4.96. The van der Waals surface area contributed by atoms with Crippen molar-refractivity contribution in [3.8, 4) is 0 Å². The molecule has 0 radical (unpaired) electrons. The molecule has 2 aliphatic rings. The van der Waals surface area contributed by atoms with E-state index in [1.807, 2.05) is 12.1 Å². The van der Waals surface area contributed by atoms with E-state index in [1.165, 1.54) is 47.4 Å². The number of aliphatic hydroxyl groups excluding tert-OH is 1. The number of nitrogens with zero attached hydrogens (tertiary/aromatic N) is 3. The molecule has 2 heterocycles. The molecule has 0 spiro atoms. The van der Waals surface area contributed by atoms with E-state index >= 15 is 0 Å². The van der Waals surface area contributed by atoms with Gasteiger partial charge in [-0.3, -0.25) is 24.6 Å². The third-order valence-electron chi connectivity index (χ3n) is 6.56. The second-order valence-electron chi connectivity index (χ2n) is 8.74. The lowest BCUT2D eigenvalue weighted by Crippen LogP contribution is -2.29. The fourth-order valence-electron chi connectivity index (χ4n) is 4.78. The van der Waals surface area contributed by atoms with Crippen molar-refractivity contribution in [3.05, 3.63) is 105 Å². The van der Waals surface area contributed by atoms with Crippen LogP contribution in [0.2, 0.25) is 0 Å². The van der Waals surface area contributed by atoms with Crippen molar-refractivity contribution in [2.45, 2.75) is 18.9 Å². The van der Waals surface area contributed by atoms with Crippen LogP contribution in [0.5, 0.6) is 0 Å². The maximum Gasteiger partial charge on any atom is 0.300 e. The standard InChI is InChI=1S/C27H22FN3O5/c28-19-8-6-17(7-9-19)24-23(25(32)18-4-3-5-22(16-18)31(35)36)26(33)27(34)30(24)21-12-10-20(11-13-21)29-14-1-2-15-29/h3-13,16,24,32H,1-2,14-15H2/b25-23-. The number of nitro benzene ring substituents is 1. The summed E-state index contributed by atoms with van der Waals surface area (Å²) in [6, 6.07) is 16.7. The number of aliphatic hydroxyl groups is 1. The number of benzene rings is 3. The second kappa shape index (κ2) is 9.26. The second-order valence-corrected chi connectivity index (χ2v) is 8.74. The van der Waals surface area contributed by atoms with Crippen LogP contribution in [0.4, 0.5) is 21.5 Å². The maximum atomic E-state index is 13.7. The molecule has 0 aliphatic carbocycles. The molecular weight excluding hydrogens is 465 g/mol. The normalized spacial score (nSPS) is 19.2. The van der Waals surface area contributed by atoms with Crippen molar-refractivity contribution in [2.24, 2.45) is 0 Å². The Labute approximate surface area is 206 Å². The Bertz CT molecular complexity index is 1380. The summed E-state index contributed by atoms with van der Waals surface area (Å²) in [6.07, 6.45) is 2.22. The summed E-state index contributed by atoms with van der Waals surface area (Å²) in [7, 11) is 0. The summed E-state index contributed by atoms with van der Waals surface area (Å²) in [5.74, 6) is -2.82. The first-order chi connectivity index (χ1) is 17.3. The van der Waals surface area contributed by atoms with Crippen LogP contribution in [0.15, 0.2) is 78.4 Å². The molecule has 8 nitrogen and oxygen atoms in total. The average molecular weight is 487 g/mol. The number of amides is 1. The molecule has 2 aliphatic heterocycles. The Hall–Kier alpha value is -4.53. The first-order valence-corrected chi connectivity index (χ1v) is 11.5. The summed E-state index contributed by atoms with van der Waals surface area (Å²) < 4.78 is 13.7. The Kier molecular flexibility index (Phi) is 5.97. The quantitative estimate of drug-likeness (QED) is 0.179. The molecule has 1 atom stereocenters. The molecule has 2 saturated heterocycles. The van der Waals surface area contributed by atoms with Gasteiger partial charge >= 0.3 is 0 Å². The van der Waals surface area contributed by atoms with Crippen molar-refractivity contribution in [1.82, 2.24) is 0 Å². The molecular formula is C27H22FN3O5. The Morgan fingerprint density at radius 2 is 1.58 bits per heavy atom. The van der Waals surface area contributed by atoms with E-state index < -0.39 is 34.2 Å². The number of hydrogen-bond acceptors (Lipinski definition) is 6. The smallest absolute Gasteiger partial charge is 0.300 e. The minimum Gasteiger partial charge on any atom is -0.507 e. The van der Waals surface area contributed by atoms with Gasteiger partial charge in [-0.1, -0.05) is 24.3 Å². The number of halogens is 1. The highest BCUT2D eigenvalue weighted by atomic mass is 19.1. The van der Waals surface area contributed by atoms with E-state index in [-0.39, 0.29) is 16.8 Å². The molecule has 1 N–H and O–H groups in total. The maximum absolute atomic E-state index is 13.7. The number of ketones is 1. The summed E-state index contributed by atoms with van der Waals surface area (Å²) in [6.45, 7) is 1.89. The molecule has 5 rings (SSSR count). The van der Waals surface area contributed by atoms with Gasteiger partial charge in [0.05, 0.1) is 16.5 Å². The van der Waals surface area contributed by atoms with Crippen molar-refractivity contribution < 1.29 is 24.0 Å². The van der Waals surface area contributed by atoms with Crippen LogP contribution in [0, 0.1) is 15.9 Å². The SMILES string of the molecule is O=C1C(=O)N(c2ccc(N3CCCC3)cc2)C(c2ccc(F)cc2)/C1=C(/O)c1cccc([N+](=O)[O-])c1. The number of carbonyl (C=O) groups is 2. The fraction of sp³-hybridized carbons (Fsp3) is 0.185. The average Bonchev–Trinajstić information content (AvgIpc) is 3.52. The number of Topliss-reactive ketones (excluding diaryl/α,β-unsaturated/α-hetero) is 1. The van der Waals surface area contributed by atoms with Crippen LogP contribution < -0.4 is 9.80 Å². The molecule has 1 amide bonds. The summed E-state index contributed by atoms with van der Waals surface area (Å²) in [4.78, 5) is 40.6. The lowest BCUT2D eigenvalue weighted by Gasteiger charge is -2.26. The van der Waals surface area contributed by atoms with Gasteiger partial charge in [-0.25, -0.2) is 4.39 Å². The van der Waals surface area contributed by atoms with E-state index in [4.69, 9.17) is 0 Å². The highest BCUT2D eigenvalue weighted by Crippen LogP contribution is 2.42. The van der Waals surface area contributed by atoms with Gasteiger partial charge in [-0.2, -0.15) is 0 Å². The van der Waals surface area contributed by atoms with E-state index in [1.54, 1.807) is 12.1 Å². The minimum absolute atomic E-state index is 0.0266. The Morgan fingerprint density at radius 1 is 0.944 bits per heavy atom. The number of carbonyl (C=O) groups excluding carboxylic acids is 2. The van der Waals surface area contributed by atoms with Gasteiger partial charge in [0.2, 0.25) is 0 Å². The monoisotopic (exact) mass is 487 g/mol. The molecule has 0 saturated carbocycles. The molecule has 0 aromatic heterocycles. The summed E-state index contributed by atoms with van der Waals surface area (Å²) in [5, 5.41) is 22.4. The Balaban J connectivity index is 1.63. The first kappa shape index (κ1) is 23.2. The van der Waals surface area contributed by atoms with E-state index in [0.29, 0.717) is 11.3 Å².